The number of thiol groups is 1. The van der Waals surface area contributed by atoms with Gasteiger partial charge in [-0.15, -0.1) is 0 Å². The van der Waals surface area contributed by atoms with Crippen molar-refractivity contribution >= 4 is 35.2 Å². The predicted molar refractivity (Wildman–Crippen MR) is 45.1 cm³/mol. The number of alkyl halides is 1. The van der Waals surface area contributed by atoms with Gasteiger partial charge in [0.1, 0.15) is 0 Å². The zero-order valence-electron chi connectivity index (χ0n) is 4.10. The van der Waals surface area contributed by atoms with Gasteiger partial charge in [0.2, 0.25) is 0 Å². The largest absolute Gasteiger partial charge is 0.320 e. The molecule has 0 aromatic rings. The van der Waals surface area contributed by atoms with Gasteiger partial charge in [0.05, 0.1) is 4.05 Å². The summed E-state index contributed by atoms with van der Waals surface area (Å²) >= 11 is 6.25. The van der Waals surface area contributed by atoms with Crippen LogP contribution >= 0.6 is 35.2 Å². The molecule has 0 saturated carbocycles. The number of rotatable bonds is 3. The lowest BCUT2D eigenvalue weighted by molar-refractivity contribution is 0.794. The van der Waals surface area contributed by atoms with Crippen LogP contribution in [0.2, 0.25) is 0 Å². The molecule has 0 rings (SSSR count). The van der Waals surface area contributed by atoms with Gasteiger partial charge in [0, 0.05) is 0 Å². The standard InChI is InChI=1S/C4H10INS/c5-4(6)2-1-3-7/h4,7H,1-3,6H2. The number of nitrogens with two attached hydrogens (primary N) is 1. The summed E-state index contributed by atoms with van der Waals surface area (Å²) in [5, 5.41) is 0. The van der Waals surface area contributed by atoms with Crippen molar-refractivity contribution in [3.63, 3.8) is 0 Å². The summed E-state index contributed by atoms with van der Waals surface area (Å²) in [5.41, 5.74) is 5.43. The van der Waals surface area contributed by atoms with Gasteiger partial charge in [0.25, 0.3) is 0 Å². The van der Waals surface area contributed by atoms with Crippen LogP contribution in [0.4, 0.5) is 0 Å². The lowest BCUT2D eigenvalue weighted by Crippen LogP contribution is -2.09. The second-order valence-corrected chi connectivity index (χ2v) is 3.43. The Morgan fingerprint density at radius 1 is 1.71 bits per heavy atom. The first-order valence-corrected chi connectivity index (χ1v) is 4.15. The molecule has 0 aromatic carbocycles. The topological polar surface area (TPSA) is 26.0 Å². The molecule has 0 amide bonds. The van der Waals surface area contributed by atoms with Gasteiger partial charge in [-0.3, -0.25) is 0 Å². The van der Waals surface area contributed by atoms with Crippen LogP contribution in [0.15, 0.2) is 0 Å². The van der Waals surface area contributed by atoms with Gasteiger partial charge in [-0.1, -0.05) is 22.6 Å². The van der Waals surface area contributed by atoms with E-state index in [-0.39, 0.29) is 0 Å². The molecular formula is C4H10INS. The fourth-order valence-corrected chi connectivity index (χ4v) is 0.909. The zero-order chi connectivity index (χ0) is 5.70. The van der Waals surface area contributed by atoms with E-state index in [2.05, 4.69) is 35.2 Å². The third-order valence-electron chi connectivity index (χ3n) is 0.638. The van der Waals surface area contributed by atoms with Crippen LogP contribution in [0.5, 0.6) is 0 Å². The highest BCUT2D eigenvalue weighted by atomic mass is 127. The van der Waals surface area contributed by atoms with E-state index in [1.165, 1.54) is 0 Å². The Hall–Kier alpha value is 1.04. The third kappa shape index (κ3) is 7.04. The molecule has 0 aliphatic carbocycles. The van der Waals surface area contributed by atoms with E-state index >= 15 is 0 Å². The Morgan fingerprint density at radius 3 is 2.43 bits per heavy atom. The summed E-state index contributed by atoms with van der Waals surface area (Å²) in [5.74, 6) is 0.955. The minimum absolute atomic E-state index is 0.324. The summed E-state index contributed by atoms with van der Waals surface area (Å²) in [7, 11) is 0. The molecule has 44 valence electrons. The molecule has 0 fully saturated rings. The smallest absolute Gasteiger partial charge is 0.0568 e. The molecule has 7 heavy (non-hydrogen) atoms. The summed E-state index contributed by atoms with van der Waals surface area (Å²) in [6.07, 6.45) is 2.22. The normalized spacial score (nSPS) is 14.1. The highest BCUT2D eigenvalue weighted by molar-refractivity contribution is 14.1. The molecule has 0 bridgehead atoms. The molecule has 0 heterocycles. The average molecular weight is 231 g/mol. The van der Waals surface area contributed by atoms with Gasteiger partial charge in [-0.05, 0) is 18.6 Å². The third-order valence-corrected chi connectivity index (χ3v) is 1.58. The van der Waals surface area contributed by atoms with E-state index in [0.717, 1.165) is 18.6 Å². The lowest BCUT2D eigenvalue weighted by atomic mass is 10.3. The first-order chi connectivity index (χ1) is 3.27. The van der Waals surface area contributed by atoms with E-state index in [9.17, 15) is 0 Å². The van der Waals surface area contributed by atoms with Gasteiger partial charge in [-0.25, -0.2) is 0 Å². The van der Waals surface area contributed by atoms with Crippen molar-refractivity contribution in [1.29, 1.82) is 0 Å². The minimum atomic E-state index is 0.324. The van der Waals surface area contributed by atoms with Crippen LogP contribution in [-0.4, -0.2) is 9.80 Å². The molecular weight excluding hydrogens is 221 g/mol. The molecule has 2 N–H and O–H groups in total. The van der Waals surface area contributed by atoms with Crippen LogP contribution in [-0.2, 0) is 0 Å². The first kappa shape index (κ1) is 8.04. The van der Waals surface area contributed by atoms with Crippen molar-refractivity contribution in [2.24, 2.45) is 5.73 Å². The molecule has 1 atom stereocenters. The molecule has 1 nitrogen and oxygen atoms in total. The SMILES string of the molecule is NC(I)CCCS. The number of halogens is 1. The Kier molecular flexibility index (Phi) is 5.95. The first-order valence-electron chi connectivity index (χ1n) is 2.28. The van der Waals surface area contributed by atoms with Crippen LogP contribution < -0.4 is 5.73 Å². The molecule has 0 radical (unpaired) electrons. The quantitative estimate of drug-likeness (QED) is 0.326. The number of hydrogen-bond acceptors (Lipinski definition) is 2. The van der Waals surface area contributed by atoms with Crippen molar-refractivity contribution in [2.45, 2.75) is 16.9 Å². The molecule has 0 saturated heterocycles. The van der Waals surface area contributed by atoms with Crippen LogP contribution in [0.1, 0.15) is 12.8 Å². The maximum absolute atomic E-state index is 5.43. The van der Waals surface area contributed by atoms with Gasteiger partial charge < -0.3 is 5.73 Å². The molecule has 0 aromatic heterocycles. The summed E-state index contributed by atoms with van der Waals surface area (Å²) < 4.78 is 0.324. The summed E-state index contributed by atoms with van der Waals surface area (Å²) in [6.45, 7) is 0. The Balaban J connectivity index is 2.68. The van der Waals surface area contributed by atoms with E-state index in [0.29, 0.717) is 4.05 Å². The van der Waals surface area contributed by atoms with E-state index in [1.807, 2.05) is 0 Å². The highest BCUT2D eigenvalue weighted by Gasteiger charge is 1.91. The Labute approximate surface area is 63.6 Å². The van der Waals surface area contributed by atoms with Gasteiger partial charge in [0.15, 0.2) is 0 Å². The second-order valence-electron chi connectivity index (χ2n) is 1.38. The Morgan fingerprint density at radius 2 is 2.29 bits per heavy atom. The molecule has 0 aliphatic heterocycles. The minimum Gasteiger partial charge on any atom is -0.320 e. The monoisotopic (exact) mass is 231 g/mol. The van der Waals surface area contributed by atoms with Gasteiger partial charge in [-0.2, -0.15) is 12.6 Å². The number of hydrogen-bond donors (Lipinski definition) is 2. The molecule has 3 heteroatoms. The van der Waals surface area contributed by atoms with Crippen LogP contribution in [0.3, 0.4) is 0 Å². The maximum Gasteiger partial charge on any atom is 0.0568 e. The summed E-state index contributed by atoms with van der Waals surface area (Å²) in [6, 6.07) is 0. The Bertz CT molecular complexity index is 40.7. The fraction of sp³-hybridized carbons (Fsp3) is 1.00. The molecule has 1 unspecified atom stereocenters. The van der Waals surface area contributed by atoms with Crippen molar-refractivity contribution in [1.82, 2.24) is 0 Å². The van der Waals surface area contributed by atoms with Gasteiger partial charge >= 0.3 is 0 Å². The fourth-order valence-electron chi connectivity index (χ4n) is 0.286. The van der Waals surface area contributed by atoms with E-state index in [4.69, 9.17) is 5.73 Å². The van der Waals surface area contributed by atoms with E-state index < -0.39 is 0 Å². The summed E-state index contributed by atoms with van der Waals surface area (Å²) in [4.78, 5) is 0. The van der Waals surface area contributed by atoms with Crippen LogP contribution in [0.25, 0.3) is 0 Å². The maximum atomic E-state index is 5.43. The van der Waals surface area contributed by atoms with E-state index in [1.54, 1.807) is 0 Å². The lowest BCUT2D eigenvalue weighted by Gasteiger charge is -1.97. The predicted octanol–water partition coefficient (Wildman–Crippen LogP) is 1.42. The van der Waals surface area contributed by atoms with Crippen molar-refractivity contribution in [3.05, 3.63) is 0 Å². The second kappa shape index (κ2) is 5.18. The zero-order valence-corrected chi connectivity index (χ0v) is 7.15. The highest BCUT2D eigenvalue weighted by Crippen LogP contribution is 2.01. The van der Waals surface area contributed by atoms with Crippen molar-refractivity contribution in [2.75, 3.05) is 5.75 Å². The molecule has 0 aliphatic rings. The molecule has 0 spiro atoms. The average Bonchev–Trinajstić information content (AvgIpc) is 1.61. The van der Waals surface area contributed by atoms with Crippen molar-refractivity contribution in [3.8, 4) is 0 Å². The van der Waals surface area contributed by atoms with Crippen LogP contribution in [0, 0.1) is 0 Å². The van der Waals surface area contributed by atoms with Crippen molar-refractivity contribution < 1.29 is 0 Å².